The molecule has 0 spiro atoms. The molecule has 1 saturated heterocycles. The molecule has 0 radical (unpaired) electrons. The Balaban J connectivity index is 2.27. The lowest BCUT2D eigenvalue weighted by molar-refractivity contribution is -0.136. The van der Waals surface area contributed by atoms with Crippen molar-refractivity contribution in [1.29, 1.82) is 0 Å². The third-order valence-electron chi connectivity index (χ3n) is 1.35. The number of amides is 1. The molecular weight excluding hydrogens is 134 g/mol. The van der Waals surface area contributed by atoms with Crippen LogP contribution >= 0.6 is 0 Å². The molecule has 0 aromatic heterocycles. The molecule has 0 N–H and O–H groups in total. The van der Waals surface area contributed by atoms with Gasteiger partial charge in [0.2, 0.25) is 0 Å². The normalized spacial score (nSPS) is 15.9. The number of nitrogens with zero attached hydrogens (tertiary/aromatic N) is 1. The number of carbonyl (C=O) groups excluding carboxylic acids is 2. The summed E-state index contributed by atoms with van der Waals surface area (Å²) < 4.78 is 4.30. The lowest BCUT2D eigenvalue weighted by atomic mass is 10.2. The van der Waals surface area contributed by atoms with Crippen molar-refractivity contribution in [2.75, 3.05) is 13.1 Å². The Hall–Kier alpha value is -1.06. The molecule has 0 unspecified atom stereocenters. The van der Waals surface area contributed by atoms with Gasteiger partial charge in [0.25, 0.3) is 0 Å². The summed E-state index contributed by atoms with van der Waals surface area (Å²) in [6, 6.07) is 0. The molecule has 0 aromatic carbocycles. The second-order valence-electron chi connectivity index (χ2n) is 2.20. The van der Waals surface area contributed by atoms with Gasteiger partial charge < -0.3 is 9.64 Å². The molecule has 0 bridgehead atoms. The van der Waals surface area contributed by atoms with E-state index in [0.717, 1.165) is 6.42 Å². The van der Waals surface area contributed by atoms with E-state index >= 15 is 0 Å². The molecule has 1 amide bonds. The Kier molecular flexibility index (Phi) is 1.89. The first kappa shape index (κ1) is 7.05. The van der Waals surface area contributed by atoms with E-state index in [2.05, 4.69) is 4.74 Å². The molecular formula is C6H9NO3. The van der Waals surface area contributed by atoms with Gasteiger partial charge in [-0.05, 0) is 6.42 Å². The van der Waals surface area contributed by atoms with Crippen molar-refractivity contribution in [3.8, 4) is 0 Å². The van der Waals surface area contributed by atoms with Crippen molar-refractivity contribution in [3.63, 3.8) is 0 Å². The molecule has 4 nitrogen and oxygen atoms in total. The quantitative estimate of drug-likeness (QED) is 0.363. The fourth-order valence-electron chi connectivity index (χ4n) is 0.686. The largest absolute Gasteiger partial charge is 0.417 e. The maximum absolute atomic E-state index is 10.7. The van der Waals surface area contributed by atoms with Gasteiger partial charge in [-0.3, -0.25) is 4.79 Å². The number of carbonyl (C=O) groups is 2. The number of likely N-dealkylation sites (tertiary alicyclic amines) is 1. The molecule has 56 valence electrons. The maximum Gasteiger partial charge on any atom is 0.417 e. The Bertz CT molecular complexity index is 162. The minimum atomic E-state index is -0.545. The summed E-state index contributed by atoms with van der Waals surface area (Å²) in [5.41, 5.74) is 0. The van der Waals surface area contributed by atoms with Crippen molar-refractivity contribution in [1.82, 2.24) is 4.90 Å². The first-order valence-electron chi connectivity index (χ1n) is 3.17. The third-order valence-corrected chi connectivity index (χ3v) is 1.35. The fourth-order valence-corrected chi connectivity index (χ4v) is 0.686. The summed E-state index contributed by atoms with van der Waals surface area (Å²) in [7, 11) is 0. The van der Waals surface area contributed by atoms with Crippen LogP contribution in [0, 0.1) is 0 Å². The molecule has 0 saturated carbocycles. The molecule has 10 heavy (non-hydrogen) atoms. The molecule has 0 aromatic rings. The van der Waals surface area contributed by atoms with E-state index in [4.69, 9.17) is 0 Å². The van der Waals surface area contributed by atoms with E-state index in [-0.39, 0.29) is 0 Å². The molecule has 1 fully saturated rings. The smallest absolute Gasteiger partial charge is 0.376 e. The highest BCUT2D eigenvalue weighted by atomic mass is 16.6. The first-order chi connectivity index (χ1) is 4.70. The Labute approximate surface area is 58.8 Å². The van der Waals surface area contributed by atoms with Crippen molar-refractivity contribution >= 4 is 12.1 Å². The van der Waals surface area contributed by atoms with Crippen molar-refractivity contribution in [2.24, 2.45) is 0 Å². The zero-order chi connectivity index (χ0) is 7.56. The third kappa shape index (κ3) is 1.46. The van der Waals surface area contributed by atoms with E-state index in [1.807, 2.05) is 0 Å². The van der Waals surface area contributed by atoms with Gasteiger partial charge in [-0.15, -0.1) is 0 Å². The topological polar surface area (TPSA) is 46.6 Å². The summed E-state index contributed by atoms with van der Waals surface area (Å²) in [6.07, 6.45) is 0.492. The van der Waals surface area contributed by atoms with Crippen LogP contribution in [0.5, 0.6) is 0 Å². The summed E-state index contributed by atoms with van der Waals surface area (Å²) in [5.74, 6) is -0.545. The van der Waals surface area contributed by atoms with Crippen LogP contribution in [0.15, 0.2) is 0 Å². The number of hydrogen-bond acceptors (Lipinski definition) is 3. The Morgan fingerprint density at radius 2 is 2.00 bits per heavy atom. The van der Waals surface area contributed by atoms with E-state index in [1.165, 1.54) is 11.8 Å². The lowest BCUT2D eigenvalue weighted by Gasteiger charge is -2.28. The van der Waals surface area contributed by atoms with Crippen LogP contribution in [-0.4, -0.2) is 30.1 Å². The Morgan fingerprint density at radius 1 is 1.40 bits per heavy atom. The van der Waals surface area contributed by atoms with Gasteiger partial charge in [-0.25, -0.2) is 4.79 Å². The monoisotopic (exact) mass is 143 g/mol. The van der Waals surface area contributed by atoms with Crippen molar-refractivity contribution in [3.05, 3.63) is 0 Å². The van der Waals surface area contributed by atoms with Crippen LogP contribution in [0.3, 0.4) is 0 Å². The maximum atomic E-state index is 10.7. The summed E-state index contributed by atoms with van der Waals surface area (Å²) in [5, 5.41) is 0. The highest BCUT2D eigenvalue weighted by Gasteiger charge is 2.22. The SMILES string of the molecule is CC(=O)OC(=O)N1CCC1. The van der Waals surface area contributed by atoms with Crippen LogP contribution < -0.4 is 0 Å². The van der Waals surface area contributed by atoms with Gasteiger partial charge in [0.15, 0.2) is 0 Å². The fraction of sp³-hybridized carbons (Fsp3) is 0.667. The van der Waals surface area contributed by atoms with Crippen molar-refractivity contribution in [2.45, 2.75) is 13.3 Å². The standard InChI is InChI=1S/C6H9NO3/c1-5(8)10-6(9)7-3-2-4-7/h2-4H2,1H3. The van der Waals surface area contributed by atoms with Gasteiger partial charge in [0, 0.05) is 20.0 Å². The minimum Gasteiger partial charge on any atom is -0.376 e. The minimum absolute atomic E-state index is 0.515. The summed E-state index contributed by atoms with van der Waals surface area (Å²) >= 11 is 0. The molecule has 1 heterocycles. The van der Waals surface area contributed by atoms with E-state index in [9.17, 15) is 9.59 Å². The Morgan fingerprint density at radius 3 is 2.30 bits per heavy atom. The van der Waals surface area contributed by atoms with Crippen LogP contribution in [0.4, 0.5) is 4.79 Å². The first-order valence-corrected chi connectivity index (χ1v) is 3.17. The van der Waals surface area contributed by atoms with E-state index in [1.54, 1.807) is 0 Å². The molecule has 0 atom stereocenters. The summed E-state index contributed by atoms with van der Waals surface area (Å²) in [4.78, 5) is 22.4. The number of rotatable bonds is 0. The average molecular weight is 143 g/mol. The van der Waals surface area contributed by atoms with Crippen LogP contribution in [0.25, 0.3) is 0 Å². The molecule has 1 rings (SSSR count). The van der Waals surface area contributed by atoms with E-state index < -0.39 is 12.1 Å². The van der Waals surface area contributed by atoms with Gasteiger partial charge in [0.1, 0.15) is 0 Å². The molecule has 0 aliphatic carbocycles. The number of ether oxygens (including phenoxy) is 1. The highest BCUT2D eigenvalue weighted by molar-refractivity contribution is 5.83. The summed E-state index contributed by atoms with van der Waals surface area (Å²) in [6.45, 7) is 2.65. The second kappa shape index (κ2) is 2.68. The second-order valence-corrected chi connectivity index (χ2v) is 2.20. The van der Waals surface area contributed by atoms with Gasteiger partial charge >= 0.3 is 12.1 Å². The molecule has 4 heteroatoms. The van der Waals surface area contributed by atoms with Crippen LogP contribution in [0.1, 0.15) is 13.3 Å². The number of hydrogen-bond donors (Lipinski definition) is 0. The molecule has 1 aliphatic heterocycles. The highest BCUT2D eigenvalue weighted by Crippen LogP contribution is 2.06. The zero-order valence-electron chi connectivity index (χ0n) is 5.79. The zero-order valence-corrected chi connectivity index (χ0v) is 5.79. The van der Waals surface area contributed by atoms with Gasteiger partial charge in [-0.2, -0.15) is 0 Å². The predicted octanol–water partition coefficient (Wildman–Crippen LogP) is 0.375. The van der Waals surface area contributed by atoms with Gasteiger partial charge in [0.05, 0.1) is 0 Å². The van der Waals surface area contributed by atoms with Crippen LogP contribution in [0.2, 0.25) is 0 Å². The lowest BCUT2D eigenvalue weighted by Crippen LogP contribution is -2.42. The number of esters is 1. The average Bonchev–Trinajstić information content (AvgIpc) is 1.55. The van der Waals surface area contributed by atoms with Crippen LogP contribution in [-0.2, 0) is 9.53 Å². The molecule has 1 aliphatic rings. The van der Waals surface area contributed by atoms with E-state index in [0.29, 0.717) is 13.1 Å². The van der Waals surface area contributed by atoms with Crippen molar-refractivity contribution < 1.29 is 14.3 Å². The van der Waals surface area contributed by atoms with Gasteiger partial charge in [-0.1, -0.05) is 0 Å². The predicted molar refractivity (Wildman–Crippen MR) is 33.4 cm³/mol.